The molecule has 2 N–H and O–H groups in total. The molecule has 2 atom stereocenters. The van der Waals surface area contributed by atoms with Crippen LogP contribution < -0.4 is 10.1 Å². The van der Waals surface area contributed by atoms with E-state index in [1.165, 1.54) is 0 Å². The maximum atomic E-state index is 12.9. The van der Waals surface area contributed by atoms with Crippen molar-refractivity contribution in [2.75, 3.05) is 19.7 Å². The number of rotatable bonds is 12. The first-order valence-corrected chi connectivity index (χ1v) is 12.6. The number of carbonyl (C=O) groups excluding carboxylic acids is 3. The summed E-state index contributed by atoms with van der Waals surface area (Å²) in [5.74, 6) is -0.729. The number of carboxylic acid groups (broad SMARTS) is 1. The van der Waals surface area contributed by atoms with Crippen LogP contribution in [0.5, 0.6) is 5.75 Å². The molecule has 1 aliphatic rings. The van der Waals surface area contributed by atoms with E-state index in [2.05, 4.69) is 10.3 Å². The van der Waals surface area contributed by atoms with Crippen molar-refractivity contribution in [2.24, 2.45) is 10.9 Å². The number of aliphatic imine (C=N–C) groups is 1. The molecule has 1 aliphatic heterocycles. The minimum atomic E-state index is -1.38. The maximum absolute atomic E-state index is 12.9. The molecule has 2 unspecified atom stereocenters. The molecule has 38 heavy (non-hydrogen) atoms. The third kappa shape index (κ3) is 9.05. The summed E-state index contributed by atoms with van der Waals surface area (Å²) in [7, 11) is 0. The second kappa shape index (κ2) is 14.5. The van der Waals surface area contributed by atoms with Crippen molar-refractivity contribution in [3.63, 3.8) is 0 Å². The van der Waals surface area contributed by atoms with E-state index >= 15 is 0 Å². The van der Waals surface area contributed by atoms with Crippen molar-refractivity contribution >= 4 is 24.0 Å². The molecule has 1 fully saturated rings. The van der Waals surface area contributed by atoms with Crippen molar-refractivity contribution in [3.05, 3.63) is 65.2 Å². The molecule has 0 bridgehead atoms. The average Bonchev–Trinajstić information content (AvgIpc) is 2.92. The predicted octanol–water partition coefficient (Wildman–Crippen LogP) is 3.61. The van der Waals surface area contributed by atoms with Crippen LogP contribution in [0.25, 0.3) is 0 Å². The monoisotopic (exact) mass is 523 g/mol. The van der Waals surface area contributed by atoms with Crippen LogP contribution in [0, 0.1) is 12.8 Å². The van der Waals surface area contributed by atoms with Gasteiger partial charge in [0.05, 0.1) is 19.6 Å². The first-order chi connectivity index (χ1) is 18.4. The Bertz CT molecular complexity index is 1150. The Hall–Kier alpha value is -4.17. The van der Waals surface area contributed by atoms with Crippen molar-refractivity contribution < 1.29 is 33.8 Å². The van der Waals surface area contributed by atoms with Crippen molar-refractivity contribution in [2.45, 2.75) is 51.8 Å². The lowest BCUT2D eigenvalue weighted by Crippen LogP contribution is -2.47. The van der Waals surface area contributed by atoms with E-state index in [-0.39, 0.29) is 31.4 Å². The summed E-state index contributed by atoms with van der Waals surface area (Å²) in [4.78, 5) is 52.4. The Morgan fingerprint density at radius 3 is 2.74 bits per heavy atom. The number of amides is 2. The Kier molecular flexibility index (Phi) is 10.9. The summed E-state index contributed by atoms with van der Waals surface area (Å²) < 4.78 is 11.0. The molecule has 0 aromatic heterocycles. The minimum Gasteiger partial charge on any atom is -0.494 e. The van der Waals surface area contributed by atoms with Gasteiger partial charge in [0.25, 0.3) is 0 Å². The van der Waals surface area contributed by atoms with Gasteiger partial charge in [-0.05, 0) is 60.9 Å². The van der Waals surface area contributed by atoms with Gasteiger partial charge in [-0.15, -0.1) is 0 Å². The Labute approximate surface area is 221 Å². The maximum Gasteiger partial charge on any atom is 0.408 e. The zero-order chi connectivity index (χ0) is 27.3. The number of carbonyl (C=O) groups is 3. The second-order valence-corrected chi connectivity index (χ2v) is 9.28. The van der Waals surface area contributed by atoms with Gasteiger partial charge in [0.2, 0.25) is 12.0 Å². The van der Waals surface area contributed by atoms with Gasteiger partial charge >= 0.3 is 12.1 Å². The molecule has 2 amide bonds. The fourth-order valence-corrected chi connectivity index (χ4v) is 4.31. The van der Waals surface area contributed by atoms with Crippen molar-refractivity contribution in [1.82, 2.24) is 10.2 Å². The molecule has 0 radical (unpaired) electrons. The summed E-state index contributed by atoms with van der Waals surface area (Å²) >= 11 is 0. The van der Waals surface area contributed by atoms with Crippen molar-refractivity contribution in [1.29, 1.82) is 0 Å². The van der Waals surface area contributed by atoms with Gasteiger partial charge in [0.1, 0.15) is 18.4 Å². The molecule has 2 aromatic rings. The highest BCUT2D eigenvalue weighted by atomic mass is 16.5. The van der Waals surface area contributed by atoms with Crippen LogP contribution in [-0.2, 0) is 32.3 Å². The molecule has 202 valence electrons. The Morgan fingerprint density at radius 1 is 1.21 bits per heavy atom. The van der Waals surface area contributed by atoms with E-state index in [4.69, 9.17) is 9.47 Å². The van der Waals surface area contributed by atoms with Crippen LogP contribution in [0.1, 0.15) is 42.4 Å². The van der Waals surface area contributed by atoms with Crippen LogP contribution in [0.2, 0.25) is 0 Å². The van der Waals surface area contributed by atoms with Crippen LogP contribution in [0.15, 0.2) is 53.5 Å². The minimum absolute atomic E-state index is 0.000578. The smallest absolute Gasteiger partial charge is 0.408 e. The van der Waals surface area contributed by atoms with E-state index < -0.39 is 18.1 Å². The van der Waals surface area contributed by atoms with E-state index in [9.17, 15) is 24.3 Å². The van der Waals surface area contributed by atoms with Crippen LogP contribution in [0.3, 0.4) is 0 Å². The van der Waals surface area contributed by atoms with Crippen LogP contribution in [0.4, 0.5) is 4.79 Å². The summed E-state index contributed by atoms with van der Waals surface area (Å²) in [6.45, 7) is 3.69. The van der Waals surface area contributed by atoms with Crippen LogP contribution in [-0.4, -0.2) is 59.8 Å². The molecule has 2 aromatic carbocycles. The van der Waals surface area contributed by atoms with Gasteiger partial charge in [0, 0.05) is 13.1 Å². The van der Waals surface area contributed by atoms with E-state index in [0.29, 0.717) is 25.4 Å². The molecule has 3 rings (SSSR count). The number of aliphatic carboxylic acids is 1. The lowest BCUT2D eigenvalue weighted by molar-refractivity contribution is -0.144. The highest BCUT2D eigenvalue weighted by Crippen LogP contribution is 2.23. The fourth-order valence-electron chi connectivity index (χ4n) is 4.31. The van der Waals surface area contributed by atoms with Gasteiger partial charge in [-0.25, -0.2) is 19.4 Å². The fraction of sp³-hybridized carbons (Fsp3) is 0.429. The van der Waals surface area contributed by atoms with Crippen LogP contribution >= 0.6 is 0 Å². The van der Waals surface area contributed by atoms with Gasteiger partial charge < -0.3 is 24.8 Å². The summed E-state index contributed by atoms with van der Waals surface area (Å²) in [6, 6.07) is 13.3. The summed E-state index contributed by atoms with van der Waals surface area (Å²) in [6.07, 6.45) is 2.77. The lowest BCUT2D eigenvalue weighted by Gasteiger charge is -2.33. The number of isocyanates is 1. The molecule has 0 spiro atoms. The number of ether oxygens (including phenoxy) is 2. The normalized spacial score (nSPS) is 15.6. The molecular formula is C28H33N3O7. The number of hydrogen-bond acceptors (Lipinski definition) is 7. The number of hydrogen-bond donors (Lipinski definition) is 2. The summed E-state index contributed by atoms with van der Waals surface area (Å²) in [5, 5.41) is 11.8. The average molecular weight is 524 g/mol. The first kappa shape index (κ1) is 28.4. The lowest BCUT2D eigenvalue weighted by atomic mass is 9.94. The predicted molar refractivity (Wildman–Crippen MR) is 138 cm³/mol. The number of piperidine rings is 1. The molecule has 10 heteroatoms. The van der Waals surface area contributed by atoms with E-state index in [1.807, 2.05) is 31.2 Å². The molecule has 1 heterocycles. The Morgan fingerprint density at radius 2 is 2.00 bits per heavy atom. The highest BCUT2D eigenvalue weighted by Gasteiger charge is 2.29. The topological polar surface area (TPSA) is 135 Å². The molecule has 0 saturated carbocycles. The zero-order valence-electron chi connectivity index (χ0n) is 21.4. The number of nitrogens with zero attached hydrogens (tertiary/aromatic N) is 2. The molecule has 0 aliphatic carbocycles. The van der Waals surface area contributed by atoms with E-state index in [1.54, 1.807) is 35.2 Å². The number of likely N-dealkylation sites (tertiary alicyclic amines) is 1. The van der Waals surface area contributed by atoms with Gasteiger partial charge in [-0.3, -0.25) is 4.79 Å². The van der Waals surface area contributed by atoms with E-state index in [0.717, 1.165) is 36.0 Å². The third-order valence-corrected chi connectivity index (χ3v) is 6.48. The SMILES string of the molecule is Cc1ccc(OCCC2CCCN(C(=O)CC(NC(=O)OCc3ccccc3)C(=O)O)C2)cc1CN=C=O. The molecule has 10 nitrogen and oxygen atoms in total. The number of nitrogens with one attached hydrogen (secondary N) is 1. The highest BCUT2D eigenvalue weighted by molar-refractivity contribution is 5.87. The summed E-state index contributed by atoms with van der Waals surface area (Å²) in [5.41, 5.74) is 2.67. The van der Waals surface area contributed by atoms with Gasteiger partial charge in [0.15, 0.2) is 0 Å². The number of carboxylic acids is 1. The van der Waals surface area contributed by atoms with Crippen molar-refractivity contribution in [3.8, 4) is 5.75 Å². The van der Waals surface area contributed by atoms with Gasteiger partial charge in [-0.2, -0.15) is 0 Å². The third-order valence-electron chi connectivity index (χ3n) is 6.48. The first-order valence-electron chi connectivity index (χ1n) is 12.6. The number of aryl methyl sites for hydroxylation is 1. The van der Waals surface area contributed by atoms with Gasteiger partial charge in [-0.1, -0.05) is 36.4 Å². The largest absolute Gasteiger partial charge is 0.494 e. The quantitative estimate of drug-likeness (QED) is 0.321. The standard InChI is InChI=1S/C28H33N3O7/c1-20-9-10-24(14-23(20)16-29-19-32)37-13-11-21-8-5-12-31(17-21)26(33)15-25(27(34)35)30-28(36)38-18-22-6-3-2-4-7-22/h2-4,6-7,9-10,14,21,25H,5,8,11-13,15-18H2,1H3,(H,30,36)(H,34,35). The Balaban J connectivity index is 1.45. The molecule has 1 saturated heterocycles. The zero-order valence-corrected chi connectivity index (χ0v) is 21.4. The molecular weight excluding hydrogens is 490 g/mol. The number of alkyl carbamates (subject to hydrolysis) is 1. The number of benzene rings is 2. The second-order valence-electron chi connectivity index (χ2n) is 9.28.